The molecular formula is C28H19ClF9N3O4. The Kier molecular flexibility index (Phi) is 9.02. The Bertz CT molecular complexity index is 1610. The molecule has 0 aliphatic carbocycles. The van der Waals surface area contributed by atoms with E-state index in [1.807, 2.05) is 0 Å². The molecule has 0 saturated heterocycles. The third-order valence-electron chi connectivity index (χ3n) is 6.46. The SMILES string of the molecule is CCOC(=O)C1(c2ccc(OC(F)(F)F)cc2)CN(C(=O)Nc2ccc(C(F)(F)F)cc2)N=C1c1ccc(C(F)(F)F)c(Cl)c1. The topological polar surface area (TPSA) is 80.2 Å². The molecule has 0 saturated carbocycles. The Morgan fingerprint density at radius 3 is 2.04 bits per heavy atom. The standard InChI is InChI=1S/C28H19ClF9N3O4/c1-2-44-23(42)25(16-6-10-19(11-7-16)45-28(36,37)38)14-41(24(43)39-18-8-4-17(5-9-18)26(30,31)32)40-22(25)15-3-12-20(21(29)13-15)27(33,34)35/h3-13H,2,14H2,1H3,(H,39,43). The number of carbonyl (C=O) groups excluding carboxylic acids is 2. The van der Waals surface area contributed by atoms with Crippen LogP contribution in [0.4, 0.5) is 50.0 Å². The van der Waals surface area contributed by atoms with E-state index >= 15 is 0 Å². The summed E-state index contributed by atoms with van der Waals surface area (Å²) >= 11 is 5.92. The molecule has 1 unspecified atom stereocenters. The van der Waals surface area contributed by atoms with Crippen molar-refractivity contribution < 1.29 is 58.6 Å². The lowest BCUT2D eigenvalue weighted by atomic mass is 9.74. The minimum absolute atomic E-state index is 0.0879. The third-order valence-corrected chi connectivity index (χ3v) is 6.78. The van der Waals surface area contributed by atoms with Gasteiger partial charge in [-0.05, 0) is 61.0 Å². The van der Waals surface area contributed by atoms with E-state index in [0.29, 0.717) is 23.2 Å². The molecular weight excluding hydrogens is 649 g/mol. The average molecular weight is 668 g/mol. The maximum absolute atomic E-state index is 13.6. The fourth-order valence-electron chi connectivity index (χ4n) is 4.49. The Hall–Kier alpha value is -4.47. The van der Waals surface area contributed by atoms with Gasteiger partial charge in [0.05, 0.1) is 35.0 Å². The van der Waals surface area contributed by atoms with E-state index in [2.05, 4.69) is 15.2 Å². The second kappa shape index (κ2) is 12.1. The molecule has 0 radical (unpaired) electrons. The lowest BCUT2D eigenvalue weighted by Crippen LogP contribution is -2.48. The van der Waals surface area contributed by atoms with Gasteiger partial charge in [-0.15, -0.1) is 13.2 Å². The van der Waals surface area contributed by atoms with Crippen molar-refractivity contribution in [1.29, 1.82) is 0 Å². The molecule has 0 aromatic heterocycles. The van der Waals surface area contributed by atoms with Gasteiger partial charge in [0.15, 0.2) is 5.41 Å². The zero-order valence-corrected chi connectivity index (χ0v) is 23.3. The largest absolute Gasteiger partial charge is 0.573 e. The average Bonchev–Trinajstić information content (AvgIpc) is 3.34. The normalized spacial score (nSPS) is 17.1. The number of alkyl halides is 9. The van der Waals surface area contributed by atoms with E-state index in [9.17, 15) is 49.1 Å². The molecule has 3 aromatic carbocycles. The number of carbonyl (C=O) groups is 2. The molecule has 1 heterocycles. The number of anilines is 1. The molecule has 17 heteroatoms. The number of benzene rings is 3. The van der Waals surface area contributed by atoms with Gasteiger partial charge in [0.2, 0.25) is 0 Å². The van der Waals surface area contributed by atoms with Gasteiger partial charge >= 0.3 is 30.7 Å². The summed E-state index contributed by atoms with van der Waals surface area (Å²) in [5, 5.41) is 6.36. The van der Waals surface area contributed by atoms with Gasteiger partial charge in [-0.3, -0.25) is 4.79 Å². The molecule has 45 heavy (non-hydrogen) atoms. The Labute approximate surface area is 253 Å². The van der Waals surface area contributed by atoms with E-state index < -0.39 is 64.6 Å². The van der Waals surface area contributed by atoms with Crippen molar-refractivity contribution in [2.75, 3.05) is 18.5 Å². The maximum atomic E-state index is 13.6. The highest BCUT2D eigenvalue weighted by Crippen LogP contribution is 2.41. The first kappa shape index (κ1) is 33.4. The van der Waals surface area contributed by atoms with E-state index in [-0.39, 0.29) is 29.1 Å². The van der Waals surface area contributed by atoms with Gasteiger partial charge in [-0.2, -0.15) is 31.4 Å². The van der Waals surface area contributed by atoms with E-state index in [4.69, 9.17) is 16.3 Å². The number of urea groups is 1. The molecule has 240 valence electrons. The number of rotatable bonds is 6. The van der Waals surface area contributed by atoms with Gasteiger partial charge in [0.1, 0.15) is 5.75 Å². The first-order chi connectivity index (χ1) is 20.8. The van der Waals surface area contributed by atoms with E-state index in [0.717, 1.165) is 48.5 Å². The summed E-state index contributed by atoms with van der Waals surface area (Å²) < 4.78 is 127. The molecule has 7 nitrogen and oxygen atoms in total. The van der Waals surface area contributed by atoms with Crippen molar-refractivity contribution in [2.45, 2.75) is 31.1 Å². The molecule has 1 N–H and O–H groups in total. The van der Waals surface area contributed by atoms with Crippen molar-refractivity contribution in [3.63, 3.8) is 0 Å². The molecule has 4 rings (SSSR count). The van der Waals surface area contributed by atoms with Crippen LogP contribution in [0.25, 0.3) is 0 Å². The number of hydrogen-bond donors (Lipinski definition) is 1. The smallest absolute Gasteiger partial charge is 0.465 e. The van der Waals surface area contributed by atoms with Crippen molar-refractivity contribution in [1.82, 2.24) is 5.01 Å². The number of nitrogens with one attached hydrogen (secondary N) is 1. The van der Waals surface area contributed by atoms with Crippen LogP contribution in [0.15, 0.2) is 71.8 Å². The second-order valence-electron chi connectivity index (χ2n) is 9.40. The fourth-order valence-corrected chi connectivity index (χ4v) is 4.78. The molecule has 0 bridgehead atoms. The predicted molar refractivity (Wildman–Crippen MR) is 142 cm³/mol. The van der Waals surface area contributed by atoms with Crippen molar-refractivity contribution >= 4 is 35.0 Å². The molecule has 1 aliphatic rings. The van der Waals surface area contributed by atoms with Crippen LogP contribution in [0.2, 0.25) is 5.02 Å². The monoisotopic (exact) mass is 667 g/mol. The number of halogens is 10. The summed E-state index contributed by atoms with van der Waals surface area (Å²) in [5.41, 5.74) is -5.09. The quantitative estimate of drug-likeness (QED) is 0.213. The van der Waals surface area contributed by atoms with Gasteiger partial charge < -0.3 is 14.8 Å². The fraction of sp³-hybridized carbons (Fsp3) is 0.250. The van der Waals surface area contributed by atoms with Crippen LogP contribution in [0.1, 0.15) is 29.2 Å². The van der Waals surface area contributed by atoms with Crippen LogP contribution in [0.3, 0.4) is 0 Å². The van der Waals surface area contributed by atoms with Crippen molar-refractivity contribution in [2.24, 2.45) is 5.10 Å². The van der Waals surface area contributed by atoms with Crippen LogP contribution in [-0.2, 0) is 27.3 Å². The summed E-state index contributed by atoms with van der Waals surface area (Å²) in [6, 6.07) is 8.46. The Morgan fingerprint density at radius 2 is 1.53 bits per heavy atom. The Morgan fingerprint density at radius 1 is 0.911 bits per heavy atom. The van der Waals surface area contributed by atoms with Crippen LogP contribution in [0.5, 0.6) is 5.75 Å². The summed E-state index contributed by atoms with van der Waals surface area (Å²) in [7, 11) is 0. The molecule has 3 aromatic rings. The van der Waals surface area contributed by atoms with Gasteiger partial charge in [0.25, 0.3) is 0 Å². The Balaban J connectivity index is 1.82. The summed E-state index contributed by atoms with van der Waals surface area (Å²) in [4.78, 5) is 26.9. The minimum Gasteiger partial charge on any atom is -0.465 e. The highest BCUT2D eigenvalue weighted by atomic mass is 35.5. The molecule has 1 aliphatic heterocycles. The minimum atomic E-state index is -5.05. The lowest BCUT2D eigenvalue weighted by Gasteiger charge is -2.29. The summed E-state index contributed by atoms with van der Waals surface area (Å²) in [5.74, 6) is -1.75. The summed E-state index contributed by atoms with van der Waals surface area (Å²) in [6.45, 7) is 0.516. The van der Waals surface area contributed by atoms with Crippen molar-refractivity contribution in [3.05, 3.63) is 94.0 Å². The zero-order valence-electron chi connectivity index (χ0n) is 22.6. The molecule has 1 atom stereocenters. The number of amides is 2. The van der Waals surface area contributed by atoms with Gasteiger partial charge in [-0.1, -0.05) is 29.8 Å². The second-order valence-corrected chi connectivity index (χ2v) is 9.81. The zero-order chi connectivity index (χ0) is 33.4. The van der Waals surface area contributed by atoms with E-state index in [1.54, 1.807) is 0 Å². The predicted octanol–water partition coefficient (Wildman–Crippen LogP) is 8.03. The maximum Gasteiger partial charge on any atom is 0.573 e. The van der Waals surface area contributed by atoms with Gasteiger partial charge in [-0.25, -0.2) is 9.80 Å². The number of nitrogens with zero attached hydrogens (tertiary/aromatic N) is 2. The van der Waals surface area contributed by atoms with Crippen LogP contribution >= 0.6 is 11.6 Å². The van der Waals surface area contributed by atoms with Crippen molar-refractivity contribution in [3.8, 4) is 5.75 Å². The molecule has 0 fully saturated rings. The number of hydrazone groups is 1. The van der Waals surface area contributed by atoms with Crippen LogP contribution in [0, 0.1) is 0 Å². The first-order valence-electron chi connectivity index (χ1n) is 12.6. The highest BCUT2D eigenvalue weighted by molar-refractivity contribution is 6.32. The van der Waals surface area contributed by atoms with Crippen LogP contribution < -0.4 is 10.1 Å². The van der Waals surface area contributed by atoms with Crippen LogP contribution in [-0.4, -0.2) is 42.2 Å². The third kappa shape index (κ3) is 7.27. The van der Waals surface area contributed by atoms with E-state index in [1.165, 1.54) is 6.92 Å². The number of esters is 1. The molecule has 2 amide bonds. The lowest BCUT2D eigenvalue weighted by molar-refractivity contribution is -0.274. The highest BCUT2D eigenvalue weighted by Gasteiger charge is 2.54. The first-order valence-corrected chi connectivity index (χ1v) is 13.0. The molecule has 0 spiro atoms. The number of hydrogen-bond acceptors (Lipinski definition) is 5. The summed E-state index contributed by atoms with van der Waals surface area (Å²) in [6.07, 6.45) is -14.6. The van der Waals surface area contributed by atoms with Gasteiger partial charge in [0, 0.05) is 11.3 Å². The number of ether oxygens (including phenoxy) is 2.